The Morgan fingerprint density at radius 1 is 1.47 bits per heavy atom. The smallest absolute Gasteiger partial charge is 0.273 e. The highest BCUT2D eigenvalue weighted by atomic mass is 16.6. The Morgan fingerprint density at radius 2 is 2.16 bits per heavy atom. The van der Waals surface area contributed by atoms with Gasteiger partial charge in [0.05, 0.1) is 18.1 Å². The van der Waals surface area contributed by atoms with Crippen LogP contribution >= 0.6 is 0 Å². The van der Waals surface area contributed by atoms with Crippen LogP contribution < -0.4 is 10.5 Å². The van der Waals surface area contributed by atoms with Crippen LogP contribution in [0.25, 0.3) is 0 Å². The van der Waals surface area contributed by atoms with Gasteiger partial charge in [0.2, 0.25) is 0 Å². The van der Waals surface area contributed by atoms with Crippen LogP contribution in [-0.2, 0) is 0 Å². The van der Waals surface area contributed by atoms with Gasteiger partial charge in [0.25, 0.3) is 5.69 Å². The summed E-state index contributed by atoms with van der Waals surface area (Å²) in [5.74, 6) is -0.0350. The molecule has 0 bridgehead atoms. The van der Waals surface area contributed by atoms with Crippen LogP contribution in [0.3, 0.4) is 0 Å². The third kappa shape index (κ3) is 3.82. The van der Waals surface area contributed by atoms with Crippen LogP contribution in [0, 0.1) is 10.1 Å². The number of unbranched alkanes of at least 4 members (excludes halogenated alkanes) is 2. The van der Waals surface area contributed by atoms with Gasteiger partial charge in [-0.3, -0.25) is 10.1 Å². The van der Waals surface area contributed by atoms with Gasteiger partial charge < -0.3 is 15.6 Å². The fourth-order valence-corrected chi connectivity index (χ4v) is 1.93. The number of hydrogen-bond acceptors (Lipinski definition) is 5. The van der Waals surface area contributed by atoms with E-state index in [4.69, 9.17) is 10.5 Å². The quantitative estimate of drug-likeness (QED) is 0.450. The average molecular weight is 268 g/mol. The second-order valence-electron chi connectivity index (χ2n) is 4.45. The maximum Gasteiger partial charge on any atom is 0.273 e. The molecule has 6 heteroatoms. The number of nitrogens with zero attached hydrogens (tertiary/aromatic N) is 1. The van der Waals surface area contributed by atoms with Crippen molar-refractivity contribution in [2.24, 2.45) is 5.73 Å². The van der Waals surface area contributed by atoms with E-state index in [2.05, 4.69) is 6.92 Å². The van der Waals surface area contributed by atoms with Crippen LogP contribution in [0.2, 0.25) is 0 Å². The summed E-state index contributed by atoms with van der Waals surface area (Å²) in [4.78, 5) is 10.3. The predicted octanol–water partition coefficient (Wildman–Crippen LogP) is 2.89. The number of ether oxygens (including phenoxy) is 1. The predicted molar refractivity (Wildman–Crippen MR) is 72.4 cm³/mol. The number of rotatable bonds is 7. The van der Waals surface area contributed by atoms with Gasteiger partial charge in [-0.25, -0.2) is 0 Å². The van der Waals surface area contributed by atoms with Crippen LogP contribution in [0.5, 0.6) is 11.5 Å². The number of hydrogen-bond donors (Lipinski definition) is 2. The highest BCUT2D eigenvalue weighted by Crippen LogP contribution is 2.38. The Bertz CT molecular complexity index is 449. The van der Waals surface area contributed by atoms with Crippen molar-refractivity contribution in [3.63, 3.8) is 0 Å². The van der Waals surface area contributed by atoms with E-state index in [0.29, 0.717) is 12.0 Å². The molecule has 0 aliphatic carbocycles. The first-order chi connectivity index (χ1) is 9.01. The van der Waals surface area contributed by atoms with E-state index >= 15 is 0 Å². The highest BCUT2D eigenvalue weighted by molar-refractivity contribution is 5.54. The number of nitro groups is 1. The Kier molecular flexibility index (Phi) is 5.57. The highest BCUT2D eigenvalue weighted by Gasteiger charge is 2.20. The Balaban J connectivity index is 3.03. The van der Waals surface area contributed by atoms with E-state index in [1.807, 2.05) is 0 Å². The molecule has 1 rings (SSSR count). The second kappa shape index (κ2) is 6.94. The zero-order valence-electron chi connectivity index (χ0n) is 11.3. The molecule has 6 nitrogen and oxygen atoms in total. The SMILES string of the molecule is CCCCC[C@H](N)c1cc([N+](=O)[O-])cc(OC)c1O. The minimum absolute atomic E-state index is 0.0788. The summed E-state index contributed by atoms with van der Waals surface area (Å²) in [6.45, 7) is 2.08. The third-order valence-electron chi connectivity index (χ3n) is 3.04. The molecule has 19 heavy (non-hydrogen) atoms. The van der Waals surface area contributed by atoms with Crippen molar-refractivity contribution in [3.05, 3.63) is 27.8 Å². The summed E-state index contributed by atoms with van der Waals surface area (Å²) in [7, 11) is 1.35. The van der Waals surface area contributed by atoms with Gasteiger partial charge in [0, 0.05) is 17.7 Å². The molecule has 0 amide bonds. The molecule has 0 saturated carbocycles. The van der Waals surface area contributed by atoms with E-state index in [9.17, 15) is 15.2 Å². The number of phenols is 1. The van der Waals surface area contributed by atoms with Crippen molar-refractivity contribution in [1.82, 2.24) is 0 Å². The first kappa shape index (κ1) is 15.2. The topological polar surface area (TPSA) is 98.6 Å². The number of non-ortho nitro benzene ring substituents is 1. The second-order valence-corrected chi connectivity index (χ2v) is 4.45. The van der Waals surface area contributed by atoms with Crippen LogP contribution in [0.15, 0.2) is 12.1 Å². The summed E-state index contributed by atoms with van der Waals surface area (Å²) in [6, 6.07) is 2.08. The molecule has 0 fully saturated rings. The summed E-state index contributed by atoms with van der Waals surface area (Å²) >= 11 is 0. The Morgan fingerprint density at radius 3 is 2.68 bits per heavy atom. The standard InChI is InChI=1S/C13H20N2O4/c1-3-4-5-6-11(14)10-7-9(15(17)18)8-12(19-2)13(10)16/h7-8,11,16H,3-6,14H2,1-2H3/t11-/m0/s1. The van der Waals surface area contributed by atoms with Crippen LogP contribution in [0.1, 0.15) is 44.2 Å². The van der Waals surface area contributed by atoms with Gasteiger partial charge in [-0.1, -0.05) is 26.2 Å². The van der Waals surface area contributed by atoms with E-state index in [0.717, 1.165) is 19.3 Å². The molecule has 0 aliphatic heterocycles. The summed E-state index contributed by atoms with van der Waals surface area (Å²) in [5.41, 5.74) is 6.23. The minimum atomic E-state index is -0.524. The molecule has 1 atom stereocenters. The molecular formula is C13H20N2O4. The lowest BCUT2D eigenvalue weighted by Gasteiger charge is -2.15. The van der Waals surface area contributed by atoms with E-state index in [-0.39, 0.29) is 17.2 Å². The van der Waals surface area contributed by atoms with E-state index in [1.165, 1.54) is 19.2 Å². The van der Waals surface area contributed by atoms with Crippen molar-refractivity contribution in [1.29, 1.82) is 0 Å². The monoisotopic (exact) mass is 268 g/mol. The lowest BCUT2D eigenvalue weighted by Crippen LogP contribution is -2.11. The zero-order chi connectivity index (χ0) is 14.4. The van der Waals surface area contributed by atoms with Gasteiger partial charge in [0.1, 0.15) is 0 Å². The normalized spacial score (nSPS) is 12.2. The minimum Gasteiger partial charge on any atom is -0.504 e. The molecule has 0 saturated heterocycles. The van der Waals surface area contributed by atoms with Gasteiger partial charge in [-0.2, -0.15) is 0 Å². The lowest BCUT2D eigenvalue weighted by molar-refractivity contribution is -0.385. The van der Waals surface area contributed by atoms with Gasteiger partial charge in [-0.05, 0) is 6.42 Å². The van der Waals surface area contributed by atoms with Crippen LogP contribution in [-0.4, -0.2) is 17.1 Å². The first-order valence-corrected chi connectivity index (χ1v) is 6.32. The van der Waals surface area contributed by atoms with Crippen molar-refractivity contribution in [3.8, 4) is 11.5 Å². The fraction of sp³-hybridized carbons (Fsp3) is 0.538. The molecule has 0 aliphatic rings. The maximum atomic E-state index is 10.8. The molecule has 0 aromatic heterocycles. The van der Waals surface area contributed by atoms with E-state index in [1.54, 1.807) is 0 Å². The van der Waals surface area contributed by atoms with Gasteiger partial charge in [0.15, 0.2) is 11.5 Å². The van der Waals surface area contributed by atoms with Crippen molar-refractivity contribution in [2.75, 3.05) is 7.11 Å². The summed E-state index contributed by atoms with van der Waals surface area (Å²) < 4.78 is 4.94. The molecule has 0 radical (unpaired) electrons. The number of benzene rings is 1. The average Bonchev–Trinajstić information content (AvgIpc) is 2.38. The number of phenolic OH excluding ortho intramolecular Hbond substituents is 1. The number of nitrogens with two attached hydrogens (primary N) is 1. The molecule has 0 unspecified atom stereocenters. The Labute approximate surface area is 112 Å². The Hall–Kier alpha value is -1.82. The largest absolute Gasteiger partial charge is 0.504 e. The molecule has 1 aromatic carbocycles. The molecule has 3 N–H and O–H groups in total. The van der Waals surface area contributed by atoms with E-state index < -0.39 is 11.0 Å². The molecule has 0 heterocycles. The summed E-state index contributed by atoms with van der Waals surface area (Å²) in [6.07, 6.45) is 3.70. The lowest BCUT2D eigenvalue weighted by atomic mass is 9.99. The van der Waals surface area contributed by atoms with Crippen molar-refractivity contribution in [2.45, 2.75) is 38.6 Å². The van der Waals surface area contributed by atoms with Crippen LogP contribution in [0.4, 0.5) is 5.69 Å². The number of aromatic hydroxyl groups is 1. The fourth-order valence-electron chi connectivity index (χ4n) is 1.93. The number of methoxy groups -OCH3 is 1. The molecular weight excluding hydrogens is 248 g/mol. The molecule has 1 aromatic rings. The molecule has 106 valence electrons. The van der Waals surface area contributed by atoms with Gasteiger partial charge in [-0.15, -0.1) is 0 Å². The zero-order valence-corrected chi connectivity index (χ0v) is 11.3. The molecule has 0 spiro atoms. The van der Waals surface area contributed by atoms with Gasteiger partial charge >= 0.3 is 0 Å². The first-order valence-electron chi connectivity index (χ1n) is 6.32. The van der Waals surface area contributed by atoms with Crippen molar-refractivity contribution < 1.29 is 14.8 Å². The third-order valence-corrected chi connectivity index (χ3v) is 3.04. The maximum absolute atomic E-state index is 10.8. The summed E-state index contributed by atoms with van der Waals surface area (Å²) in [5, 5.41) is 20.8. The van der Waals surface area contributed by atoms with Crippen molar-refractivity contribution >= 4 is 5.69 Å². The number of nitro benzene ring substituents is 1.